The maximum atomic E-state index is 15.3. The Labute approximate surface area is 226 Å². The summed E-state index contributed by atoms with van der Waals surface area (Å²) in [5.41, 5.74) is 3.74. The Balaban J connectivity index is 1.23. The summed E-state index contributed by atoms with van der Waals surface area (Å²) in [4.78, 5) is 0. The molecule has 0 spiro atoms. The van der Waals surface area contributed by atoms with Crippen LogP contribution in [0.4, 0.5) is 13.2 Å². The number of allylic oxidation sites excluding steroid dienone is 2. The molecule has 0 nitrogen and oxygen atoms in total. The summed E-state index contributed by atoms with van der Waals surface area (Å²) in [6, 6.07) is 16.1. The maximum absolute atomic E-state index is 15.3. The molecule has 2 saturated carbocycles. The molecule has 0 atom stereocenters. The third-order valence-electron chi connectivity index (χ3n) is 9.23. The van der Waals surface area contributed by atoms with Crippen molar-refractivity contribution >= 4 is 0 Å². The maximum Gasteiger partial charge on any atom is 0.166 e. The van der Waals surface area contributed by atoms with Gasteiger partial charge in [-0.25, -0.2) is 13.2 Å². The molecule has 0 heterocycles. The van der Waals surface area contributed by atoms with Gasteiger partial charge in [0.1, 0.15) is 5.82 Å². The van der Waals surface area contributed by atoms with Crippen LogP contribution >= 0.6 is 0 Å². The lowest BCUT2D eigenvalue weighted by Crippen LogP contribution is -2.25. The molecule has 0 aromatic heterocycles. The van der Waals surface area contributed by atoms with Gasteiger partial charge >= 0.3 is 0 Å². The lowest BCUT2D eigenvalue weighted by Gasteiger charge is -2.37. The zero-order chi connectivity index (χ0) is 26.6. The van der Waals surface area contributed by atoms with Crippen molar-refractivity contribution in [2.45, 2.75) is 77.6 Å². The van der Waals surface area contributed by atoms with E-state index < -0.39 is 11.6 Å². The Morgan fingerprint density at radius 1 is 0.684 bits per heavy atom. The second-order valence-electron chi connectivity index (χ2n) is 11.4. The van der Waals surface area contributed by atoms with Gasteiger partial charge in [-0.05, 0) is 122 Å². The van der Waals surface area contributed by atoms with Gasteiger partial charge in [0.2, 0.25) is 0 Å². The van der Waals surface area contributed by atoms with E-state index in [-0.39, 0.29) is 11.4 Å². The Bertz CT molecular complexity index is 1260. The summed E-state index contributed by atoms with van der Waals surface area (Å²) in [5, 5.41) is 0. The van der Waals surface area contributed by atoms with Crippen LogP contribution in [0.25, 0.3) is 22.3 Å². The van der Waals surface area contributed by atoms with Crippen molar-refractivity contribution in [2.75, 3.05) is 0 Å². The predicted octanol–water partition coefficient (Wildman–Crippen LogP) is 10.7. The number of halogens is 3. The molecule has 0 saturated heterocycles. The molecule has 3 aromatic carbocycles. The van der Waals surface area contributed by atoms with Crippen LogP contribution in [0.3, 0.4) is 0 Å². The van der Waals surface area contributed by atoms with Crippen molar-refractivity contribution in [1.29, 1.82) is 0 Å². The lowest BCUT2D eigenvalue weighted by molar-refractivity contribution is 0.171. The molecule has 2 fully saturated rings. The topological polar surface area (TPSA) is 0 Å². The monoisotopic (exact) mass is 516 g/mol. The first-order valence-corrected chi connectivity index (χ1v) is 14.5. The number of aryl methyl sites for hydroxylation is 1. The van der Waals surface area contributed by atoms with E-state index in [1.807, 2.05) is 24.3 Å². The fourth-order valence-electron chi connectivity index (χ4n) is 6.95. The molecule has 0 N–H and O–H groups in total. The van der Waals surface area contributed by atoms with Crippen molar-refractivity contribution in [3.63, 3.8) is 0 Å². The Kier molecular flexibility index (Phi) is 8.41. The summed E-state index contributed by atoms with van der Waals surface area (Å²) in [6.07, 6.45) is 14.9. The van der Waals surface area contributed by atoms with Crippen LogP contribution < -0.4 is 0 Å². The van der Waals surface area contributed by atoms with E-state index >= 15 is 4.39 Å². The van der Waals surface area contributed by atoms with Crippen LogP contribution in [0.15, 0.2) is 66.7 Å². The van der Waals surface area contributed by atoms with Gasteiger partial charge in [-0.1, -0.05) is 67.6 Å². The summed E-state index contributed by atoms with van der Waals surface area (Å²) in [6.45, 7) is 3.92. The minimum atomic E-state index is -0.816. The van der Waals surface area contributed by atoms with Gasteiger partial charge in [-0.2, -0.15) is 0 Å². The fourth-order valence-corrected chi connectivity index (χ4v) is 6.95. The first kappa shape index (κ1) is 26.8. The smallest absolute Gasteiger partial charge is 0.166 e. The number of rotatable bonds is 6. The van der Waals surface area contributed by atoms with Crippen LogP contribution in [-0.4, -0.2) is 0 Å². The van der Waals surface area contributed by atoms with Crippen molar-refractivity contribution in [1.82, 2.24) is 0 Å². The molecule has 2 aliphatic rings. The van der Waals surface area contributed by atoms with Gasteiger partial charge in [0.05, 0.1) is 0 Å². The molecule has 3 heteroatoms. The normalized spacial score (nSPS) is 24.1. The summed E-state index contributed by atoms with van der Waals surface area (Å²) in [5.74, 6) is 0.988. The Hall–Kier alpha value is -2.81. The van der Waals surface area contributed by atoms with Crippen LogP contribution in [0.5, 0.6) is 0 Å². The van der Waals surface area contributed by atoms with Gasteiger partial charge in [0, 0.05) is 5.56 Å². The van der Waals surface area contributed by atoms with Crippen LogP contribution in [0.2, 0.25) is 0 Å². The molecule has 0 bridgehead atoms. The van der Waals surface area contributed by atoms with Crippen molar-refractivity contribution in [3.05, 3.63) is 95.3 Å². The van der Waals surface area contributed by atoms with E-state index in [1.165, 1.54) is 38.5 Å². The summed E-state index contributed by atoms with van der Waals surface area (Å²) < 4.78 is 44.1. The van der Waals surface area contributed by atoms with Gasteiger partial charge in [-0.15, -0.1) is 0 Å². The number of benzene rings is 3. The molecular formula is C35H39F3. The minimum Gasteiger partial charge on any atom is -0.207 e. The van der Waals surface area contributed by atoms with E-state index in [4.69, 9.17) is 0 Å². The summed E-state index contributed by atoms with van der Waals surface area (Å²) >= 11 is 0. The van der Waals surface area contributed by atoms with Crippen LogP contribution in [-0.2, 0) is 6.42 Å². The second-order valence-corrected chi connectivity index (χ2v) is 11.4. The van der Waals surface area contributed by atoms with Gasteiger partial charge < -0.3 is 0 Å². The van der Waals surface area contributed by atoms with E-state index in [0.29, 0.717) is 23.5 Å². The summed E-state index contributed by atoms with van der Waals surface area (Å²) in [7, 11) is 0. The third-order valence-corrected chi connectivity index (χ3v) is 9.23. The molecule has 0 unspecified atom stereocenters. The standard InChI is InChI=1S/C35H39F3/c1-3-5-23-6-8-25(9-7-23)26-10-14-28(15-11-26)31-20-19-30(22-33(31)36)27-12-16-29(17-13-27)32-21-18-24(4-2)34(37)35(32)38/h3,5,12-13,16-23,25-26,28H,4,6-11,14-15H2,1-2H3/b5-3+. The second kappa shape index (κ2) is 11.9. The van der Waals surface area contributed by atoms with Crippen LogP contribution in [0.1, 0.15) is 82.3 Å². The van der Waals surface area contributed by atoms with Crippen LogP contribution in [0, 0.1) is 35.2 Å². The van der Waals surface area contributed by atoms with Gasteiger partial charge in [0.15, 0.2) is 11.6 Å². The zero-order valence-electron chi connectivity index (χ0n) is 22.7. The Morgan fingerprint density at radius 3 is 1.89 bits per heavy atom. The van der Waals surface area contributed by atoms with Crippen molar-refractivity contribution in [2.24, 2.45) is 17.8 Å². The minimum absolute atomic E-state index is 0.134. The third kappa shape index (κ3) is 5.63. The highest BCUT2D eigenvalue weighted by molar-refractivity contribution is 5.71. The number of hydrogen-bond donors (Lipinski definition) is 0. The van der Waals surface area contributed by atoms with Gasteiger partial charge in [0.25, 0.3) is 0 Å². The van der Waals surface area contributed by atoms with E-state index in [9.17, 15) is 8.78 Å². The highest BCUT2D eigenvalue weighted by Gasteiger charge is 2.31. The molecule has 38 heavy (non-hydrogen) atoms. The first-order chi connectivity index (χ1) is 18.5. The molecule has 200 valence electrons. The SMILES string of the molecule is C/C=C/C1CCC(C2CCC(c3ccc(-c4ccc(-c5ccc(CC)c(F)c5F)cc4)cc3F)CC2)CC1. The zero-order valence-corrected chi connectivity index (χ0v) is 22.7. The van der Waals surface area contributed by atoms with E-state index in [2.05, 4.69) is 19.1 Å². The van der Waals surface area contributed by atoms with Crippen molar-refractivity contribution < 1.29 is 13.2 Å². The quantitative estimate of drug-likeness (QED) is 0.286. The van der Waals surface area contributed by atoms with E-state index in [0.717, 1.165) is 47.3 Å². The molecule has 0 amide bonds. The number of hydrogen-bond acceptors (Lipinski definition) is 0. The molecule has 5 rings (SSSR count). The molecular weight excluding hydrogens is 477 g/mol. The highest BCUT2D eigenvalue weighted by atomic mass is 19.2. The molecule has 3 aromatic rings. The first-order valence-electron chi connectivity index (χ1n) is 14.5. The molecule has 2 aliphatic carbocycles. The van der Waals surface area contributed by atoms with Crippen molar-refractivity contribution in [3.8, 4) is 22.3 Å². The molecule has 0 radical (unpaired) electrons. The predicted molar refractivity (Wildman–Crippen MR) is 152 cm³/mol. The largest absolute Gasteiger partial charge is 0.207 e. The molecule has 0 aliphatic heterocycles. The average molecular weight is 517 g/mol. The average Bonchev–Trinajstić information content (AvgIpc) is 2.95. The van der Waals surface area contributed by atoms with E-state index in [1.54, 1.807) is 37.3 Å². The fraction of sp³-hybridized carbons (Fsp3) is 0.429. The Morgan fingerprint density at radius 2 is 1.29 bits per heavy atom. The highest BCUT2D eigenvalue weighted by Crippen LogP contribution is 2.45. The lowest BCUT2D eigenvalue weighted by atomic mass is 9.68. The van der Waals surface area contributed by atoms with Gasteiger partial charge in [-0.3, -0.25) is 0 Å².